The quantitative estimate of drug-likeness (QED) is 0.339. The van der Waals surface area contributed by atoms with Crippen LogP contribution in [0.4, 0.5) is 19.0 Å². The lowest BCUT2D eigenvalue weighted by Crippen LogP contribution is -2.09. The molecular weight excluding hydrogens is 501 g/mol. The first-order valence-electron chi connectivity index (χ1n) is 11.7. The molecule has 6 rings (SSSR count). The Morgan fingerprint density at radius 1 is 1.11 bits per heavy atom. The van der Waals surface area contributed by atoms with Crippen LogP contribution in [0.1, 0.15) is 35.7 Å². The molecule has 1 fully saturated rings. The van der Waals surface area contributed by atoms with Crippen molar-refractivity contribution in [2.24, 2.45) is 7.05 Å². The summed E-state index contributed by atoms with van der Waals surface area (Å²) >= 11 is 0. The Balaban J connectivity index is 1.28. The van der Waals surface area contributed by atoms with Gasteiger partial charge in [0.2, 0.25) is 11.5 Å². The van der Waals surface area contributed by atoms with E-state index < -0.39 is 11.9 Å². The predicted octanol–water partition coefficient (Wildman–Crippen LogP) is 3.89. The largest absolute Gasteiger partial charge is 0.480 e. The van der Waals surface area contributed by atoms with Gasteiger partial charge in [-0.2, -0.15) is 17.7 Å². The SMILES string of the molecule is COc1ncnc(C2CC2)c1-c1nc(NCc2ccc(-c3nc(C(F)(F)F)cn3C)cc2)c2nncn2n1. The van der Waals surface area contributed by atoms with Crippen LogP contribution in [0.2, 0.25) is 0 Å². The summed E-state index contributed by atoms with van der Waals surface area (Å²) in [4.78, 5) is 17.2. The van der Waals surface area contributed by atoms with E-state index >= 15 is 0 Å². The predicted molar refractivity (Wildman–Crippen MR) is 129 cm³/mol. The number of anilines is 1. The Kier molecular flexibility index (Phi) is 5.65. The molecule has 0 amide bonds. The number of aryl methyl sites for hydroxylation is 1. The maximum Gasteiger partial charge on any atom is 0.434 e. The lowest BCUT2D eigenvalue weighted by molar-refractivity contribution is -0.140. The van der Waals surface area contributed by atoms with Crippen molar-refractivity contribution >= 4 is 11.5 Å². The van der Waals surface area contributed by atoms with Crippen molar-refractivity contribution in [2.45, 2.75) is 31.5 Å². The van der Waals surface area contributed by atoms with Gasteiger partial charge in [0.1, 0.15) is 24.0 Å². The second kappa shape index (κ2) is 9.04. The highest BCUT2D eigenvalue weighted by molar-refractivity contribution is 5.70. The van der Waals surface area contributed by atoms with Gasteiger partial charge in [0, 0.05) is 31.3 Å². The number of fused-ring (bicyclic) bond motifs is 1. The van der Waals surface area contributed by atoms with Crippen LogP contribution in [0, 0.1) is 0 Å². The van der Waals surface area contributed by atoms with Crippen LogP contribution in [0.5, 0.6) is 5.88 Å². The van der Waals surface area contributed by atoms with E-state index in [0.29, 0.717) is 46.8 Å². The molecule has 0 unspecified atom stereocenters. The van der Waals surface area contributed by atoms with Crippen molar-refractivity contribution in [2.75, 3.05) is 12.4 Å². The number of nitrogens with one attached hydrogen (secondary N) is 1. The van der Waals surface area contributed by atoms with Gasteiger partial charge in [-0.15, -0.1) is 15.3 Å². The lowest BCUT2D eigenvalue weighted by atomic mass is 10.1. The molecule has 4 aromatic heterocycles. The zero-order valence-electron chi connectivity index (χ0n) is 20.3. The van der Waals surface area contributed by atoms with Gasteiger partial charge < -0.3 is 14.6 Å². The number of imidazole rings is 1. The molecule has 1 saturated carbocycles. The summed E-state index contributed by atoms with van der Waals surface area (Å²) in [5.74, 6) is 1.75. The second-order valence-electron chi connectivity index (χ2n) is 8.91. The minimum Gasteiger partial charge on any atom is -0.480 e. The Hall–Kier alpha value is -4.62. The molecule has 38 heavy (non-hydrogen) atoms. The number of alkyl halides is 3. The molecule has 0 spiro atoms. The van der Waals surface area contributed by atoms with Gasteiger partial charge in [-0.25, -0.2) is 19.9 Å². The number of halogens is 3. The number of aromatic nitrogens is 9. The lowest BCUT2D eigenvalue weighted by Gasteiger charge is -2.13. The van der Waals surface area contributed by atoms with Crippen LogP contribution in [-0.2, 0) is 19.8 Å². The molecular formula is C24H21F3N10O. The van der Waals surface area contributed by atoms with E-state index in [-0.39, 0.29) is 5.82 Å². The van der Waals surface area contributed by atoms with E-state index in [1.807, 2.05) is 12.1 Å². The van der Waals surface area contributed by atoms with E-state index in [0.717, 1.165) is 30.3 Å². The van der Waals surface area contributed by atoms with E-state index in [2.05, 4.69) is 35.6 Å². The molecule has 1 aliphatic carbocycles. The third-order valence-corrected chi connectivity index (χ3v) is 6.22. The highest BCUT2D eigenvalue weighted by Gasteiger charge is 2.34. The molecule has 11 nitrogen and oxygen atoms in total. The molecule has 0 atom stereocenters. The first-order chi connectivity index (χ1) is 18.3. The number of rotatable bonds is 7. The van der Waals surface area contributed by atoms with Crippen LogP contribution in [-0.4, -0.2) is 51.4 Å². The number of ether oxygens (including phenoxy) is 1. The molecule has 14 heteroatoms. The average molecular weight is 522 g/mol. The number of nitrogens with zero attached hydrogens (tertiary/aromatic N) is 9. The van der Waals surface area contributed by atoms with Crippen molar-refractivity contribution < 1.29 is 17.9 Å². The van der Waals surface area contributed by atoms with Crippen LogP contribution < -0.4 is 10.1 Å². The summed E-state index contributed by atoms with van der Waals surface area (Å²) in [6, 6.07) is 7.08. The van der Waals surface area contributed by atoms with Gasteiger partial charge in [0.05, 0.1) is 12.8 Å². The minimum atomic E-state index is -4.50. The fraction of sp³-hybridized carbons (Fsp3) is 0.292. The van der Waals surface area contributed by atoms with Gasteiger partial charge in [0.25, 0.3) is 0 Å². The van der Waals surface area contributed by atoms with Crippen molar-refractivity contribution in [3.63, 3.8) is 0 Å². The van der Waals surface area contributed by atoms with Gasteiger partial charge in [-0.1, -0.05) is 24.3 Å². The van der Waals surface area contributed by atoms with Crippen LogP contribution >= 0.6 is 0 Å². The molecule has 1 aliphatic rings. The number of methoxy groups -OCH3 is 1. The number of hydrogen-bond donors (Lipinski definition) is 1. The normalized spacial score (nSPS) is 13.7. The topological polar surface area (TPSA) is 121 Å². The van der Waals surface area contributed by atoms with Crippen molar-refractivity contribution in [1.82, 2.24) is 44.3 Å². The van der Waals surface area contributed by atoms with E-state index in [1.54, 1.807) is 12.1 Å². The zero-order chi connectivity index (χ0) is 26.4. The Morgan fingerprint density at radius 2 is 1.89 bits per heavy atom. The zero-order valence-corrected chi connectivity index (χ0v) is 20.3. The van der Waals surface area contributed by atoms with E-state index in [9.17, 15) is 13.2 Å². The summed E-state index contributed by atoms with van der Waals surface area (Å²) in [7, 11) is 3.07. The summed E-state index contributed by atoms with van der Waals surface area (Å²) in [6.45, 7) is 0.367. The molecule has 1 aromatic carbocycles. The molecule has 4 heterocycles. The molecule has 194 valence electrons. The Labute approximate surface area is 213 Å². The maximum atomic E-state index is 13.0. The third kappa shape index (κ3) is 4.37. The van der Waals surface area contributed by atoms with Gasteiger partial charge in [0.15, 0.2) is 17.3 Å². The molecule has 0 bridgehead atoms. The van der Waals surface area contributed by atoms with Crippen molar-refractivity contribution in [3.05, 3.63) is 60.1 Å². The highest BCUT2D eigenvalue weighted by atomic mass is 19.4. The minimum absolute atomic E-state index is 0.230. The van der Waals surface area contributed by atoms with E-state index in [4.69, 9.17) is 9.72 Å². The summed E-state index contributed by atoms with van der Waals surface area (Å²) in [5, 5.41) is 15.9. The van der Waals surface area contributed by atoms with Gasteiger partial charge >= 0.3 is 6.18 Å². The Bertz CT molecular complexity index is 1620. The molecule has 0 aliphatic heterocycles. The summed E-state index contributed by atoms with van der Waals surface area (Å²) < 4.78 is 47.5. The van der Waals surface area contributed by atoms with E-state index in [1.165, 1.54) is 35.9 Å². The standard InChI is InChI=1S/C24H21F3N10O/c1-36-10-16(24(25,26)27)32-21(36)15-5-3-13(4-6-15)9-28-20-22-34-31-12-37(22)35-19(33-20)17-18(14-7-8-14)29-11-30-23(17)38-2/h3-6,10-12,14H,7-9H2,1-2H3,(H,28,33,35). The highest BCUT2D eigenvalue weighted by Crippen LogP contribution is 2.45. The molecule has 1 N–H and O–H groups in total. The van der Waals surface area contributed by atoms with Gasteiger partial charge in [-0.3, -0.25) is 0 Å². The molecule has 0 radical (unpaired) electrons. The van der Waals surface area contributed by atoms with Crippen molar-refractivity contribution in [1.29, 1.82) is 0 Å². The smallest absolute Gasteiger partial charge is 0.434 e. The second-order valence-corrected chi connectivity index (χ2v) is 8.91. The fourth-order valence-corrected chi connectivity index (χ4v) is 4.21. The van der Waals surface area contributed by atoms with Crippen molar-refractivity contribution in [3.8, 4) is 28.7 Å². The average Bonchev–Trinajstić information content (AvgIpc) is 3.51. The van der Waals surface area contributed by atoms with Crippen LogP contribution in [0.3, 0.4) is 0 Å². The van der Waals surface area contributed by atoms with Gasteiger partial charge in [-0.05, 0) is 18.4 Å². The van der Waals surface area contributed by atoms with Crippen LogP contribution in [0.15, 0.2) is 43.1 Å². The number of hydrogen-bond acceptors (Lipinski definition) is 9. The number of benzene rings is 1. The van der Waals surface area contributed by atoms with Crippen LogP contribution in [0.25, 0.3) is 28.4 Å². The maximum absolute atomic E-state index is 13.0. The summed E-state index contributed by atoms with van der Waals surface area (Å²) in [6.07, 6.45) is 1.49. The first kappa shape index (κ1) is 23.8. The monoisotopic (exact) mass is 522 g/mol. The summed E-state index contributed by atoms with van der Waals surface area (Å²) in [5.41, 5.74) is 2.42. The Morgan fingerprint density at radius 3 is 2.58 bits per heavy atom. The molecule has 0 saturated heterocycles. The molecule has 5 aromatic rings. The first-order valence-corrected chi connectivity index (χ1v) is 11.7. The fourth-order valence-electron chi connectivity index (χ4n) is 4.21. The third-order valence-electron chi connectivity index (χ3n) is 6.22.